The van der Waals surface area contributed by atoms with Gasteiger partial charge in [0, 0.05) is 44.1 Å². The van der Waals surface area contributed by atoms with Gasteiger partial charge in [0.15, 0.2) is 5.96 Å². The van der Waals surface area contributed by atoms with Gasteiger partial charge in [-0.15, -0.1) is 24.0 Å². The Labute approximate surface area is 189 Å². The third-order valence-electron chi connectivity index (χ3n) is 5.04. The Morgan fingerprint density at radius 3 is 2.48 bits per heavy atom. The fraction of sp³-hybridized carbons (Fsp3) is 0.429. The van der Waals surface area contributed by atoms with Gasteiger partial charge in [-0.05, 0) is 55.3 Å². The van der Waals surface area contributed by atoms with E-state index in [9.17, 15) is 4.39 Å². The summed E-state index contributed by atoms with van der Waals surface area (Å²) in [6.07, 6.45) is 2.82. The molecular weight excluding hydrogens is 482 g/mol. The van der Waals surface area contributed by atoms with Crippen LogP contribution in [0.15, 0.2) is 47.6 Å². The molecule has 0 saturated carbocycles. The predicted octanol–water partition coefficient (Wildman–Crippen LogP) is 3.37. The third kappa shape index (κ3) is 6.73. The Hall–Kier alpha value is -2.10. The number of anilines is 2. The molecule has 1 aliphatic heterocycles. The highest BCUT2D eigenvalue weighted by atomic mass is 127. The van der Waals surface area contributed by atoms with Gasteiger partial charge in [-0.25, -0.2) is 14.4 Å². The van der Waals surface area contributed by atoms with Crippen LogP contribution in [0.5, 0.6) is 0 Å². The Kier molecular flexibility index (Phi) is 8.94. The first-order valence-electron chi connectivity index (χ1n) is 9.82. The minimum absolute atomic E-state index is 0. The van der Waals surface area contributed by atoms with Crippen LogP contribution in [-0.4, -0.2) is 43.2 Å². The van der Waals surface area contributed by atoms with Crippen molar-refractivity contribution in [2.75, 3.05) is 36.0 Å². The van der Waals surface area contributed by atoms with Crippen LogP contribution in [0, 0.1) is 5.82 Å². The molecule has 158 valence electrons. The molecule has 1 atom stereocenters. The minimum Gasteiger partial charge on any atom is -0.370 e. The first-order valence-corrected chi connectivity index (χ1v) is 9.82. The van der Waals surface area contributed by atoms with E-state index in [1.165, 1.54) is 12.1 Å². The van der Waals surface area contributed by atoms with Crippen LogP contribution in [0.4, 0.5) is 15.9 Å². The van der Waals surface area contributed by atoms with Crippen LogP contribution in [0.2, 0.25) is 0 Å². The summed E-state index contributed by atoms with van der Waals surface area (Å²) in [6, 6.07) is 11.0. The molecule has 0 aliphatic carbocycles. The third-order valence-corrected chi connectivity index (χ3v) is 5.04. The molecule has 3 N–H and O–H groups in total. The van der Waals surface area contributed by atoms with E-state index in [1.54, 1.807) is 0 Å². The molecule has 1 aromatic heterocycles. The number of hydrogen-bond donors (Lipinski definition) is 2. The van der Waals surface area contributed by atoms with Gasteiger partial charge in [-0.3, -0.25) is 0 Å². The number of aliphatic imine (C=N–C) groups is 1. The Bertz CT molecular complexity index is 790. The molecule has 1 aromatic carbocycles. The zero-order valence-electron chi connectivity index (χ0n) is 17.0. The van der Waals surface area contributed by atoms with E-state index in [0.717, 1.165) is 49.7 Å². The van der Waals surface area contributed by atoms with Crippen molar-refractivity contribution in [3.05, 3.63) is 54.0 Å². The molecular formula is C21H30FIN6. The topological polar surface area (TPSA) is 69.8 Å². The molecule has 1 aliphatic rings. The molecule has 29 heavy (non-hydrogen) atoms. The average Bonchev–Trinajstić information content (AvgIpc) is 2.73. The van der Waals surface area contributed by atoms with Crippen molar-refractivity contribution in [3.8, 4) is 0 Å². The monoisotopic (exact) mass is 512 g/mol. The van der Waals surface area contributed by atoms with Gasteiger partial charge in [-0.1, -0.05) is 6.92 Å². The van der Waals surface area contributed by atoms with Crippen molar-refractivity contribution in [2.45, 2.75) is 32.9 Å². The zero-order valence-corrected chi connectivity index (χ0v) is 19.3. The summed E-state index contributed by atoms with van der Waals surface area (Å²) in [5, 5.41) is 3.17. The smallest absolute Gasteiger partial charge is 0.189 e. The van der Waals surface area contributed by atoms with Crippen molar-refractivity contribution >= 4 is 41.4 Å². The van der Waals surface area contributed by atoms with Crippen LogP contribution in [0.3, 0.4) is 0 Å². The fourth-order valence-electron chi connectivity index (χ4n) is 3.15. The maximum atomic E-state index is 13.1. The van der Waals surface area contributed by atoms with E-state index in [4.69, 9.17) is 5.73 Å². The number of pyridine rings is 1. The highest BCUT2D eigenvalue weighted by Crippen LogP contribution is 2.20. The van der Waals surface area contributed by atoms with Crippen molar-refractivity contribution in [1.82, 2.24) is 10.3 Å². The van der Waals surface area contributed by atoms with Crippen LogP contribution in [-0.2, 0) is 6.54 Å². The van der Waals surface area contributed by atoms with E-state index in [-0.39, 0.29) is 29.8 Å². The maximum absolute atomic E-state index is 13.1. The van der Waals surface area contributed by atoms with Crippen molar-refractivity contribution in [3.63, 3.8) is 0 Å². The van der Waals surface area contributed by atoms with Gasteiger partial charge < -0.3 is 20.9 Å². The molecule has 6 nitrogen and oxygen atoms in total. The second kappa shape index (κ2) is 11.2. The molecule has 2 aromatic rings. The number of hydrogen-bond acceptors (Lipinski definition) is 4. The van der Waals surface area contributed by atoms with E-state index < -0.39 is 0 Å². The second-order valence-corrected chi connectivity index (χ2v) is 7.13. The molecule has 0 bridgehead atoms. The lowest BCUT2D eigenvalue weighted by Crippen LogP contribution is -2.46. The van der Waals surface area contributed by atoms with Gasteiger partial charge in [0.2, 0.25) is 0 Å². The molecule has 3 rings (SSSR count). The number of nitrogens with zero attached hydrogens (tertiary/aromatic N) is 4. The number of benzene rings is 1. The predicted molar refractivity (Wildman–Crippen MR) is 129 cm³/mol. The highest BCUT2D eigenvalue weighted by Gasteiger charge is 2.18. The van der Waals surface area contributed by atoms with E-state index >= 15 is 0 Å². The number of rotatable bonds is 6. The molecule has 0 spiro atoms. The summed E-state index contributed by atoms with van der Waals surface area (Å²) >= 11 is 0. The Morgan fingerprint density at radius 2 is 1.83 bits per heavy atom. The summed E-state index contributed by atoms with van der Waals surface area (Å²) in [5.41, 5.74) is 8.08. The highest BCUT2D eigenvalue weighted by molar-refractivity contribution is 14.0. The quantitative estimate of drug-likeness (QED) is 0.353. The number of piperazine rings is 1. The summed E-state index contributed by atoms with van der Waals surface area (Å²) in [4.78, 5) is 13.5. The molecule has 1 saturated heterocycles. The molecule has 0 amide bonds. The summed E-state index contributed by atoms with van der Waals surface area (Å²) in [7, 11) is 0. The van der Waals surface area contributed by atoms with Gasteiger partial charge in [0.1, 0.15) is 11.6 Å². The standard InChI is InChI=1S/C21H29FN6.HI/c1-3-16(2)26-21(23)25-15-17-8-9-24-20(14-17)28-12-10-27(11-13-28)19-6-4-18(22)5-7-19;/h4-9,14,16H,3,10-13,15H2,1-2H3,(H3,23,25,26);1H. The number of aromatic nitrogens is 1. The number of nitrogens with one attached hydrogen (secondary N) is 1. The lowest BCUT2D eigenvalue weighted by atomic mass is 10.2. The zero-order chi connectivity index (χ0) is 19.9. The lowest BCUT2D eigenvalue weighted by molar-refractivity contribution is 0.624. The molecule has 1 fully saturated rings. The van der Waals surface area contributed by atoms with Crippen molar-refractivity contribution in [2.24, 2.45) is 10.7 Å². The Balaban J connectivity index is 0.00000300. The number of nitrogens with two attached hydrogens (primary N) is 1. The van der Waals surface area contributed by atoms with E-state index in [2.05, 4.69) is 45.0 Å². The first-order chi connectivity index (χ1) is 13.5. The fourth-order valence-corrected chi connectivity index (χ4v) is 3.15. The van der Waals surface area contributed by atoms with E-state index in [0.29, 0.717) is 18.5 Å². The van der Waals surface area contributed by atoms with Crippen molar-refractivity contribution in [1.29, 1.82) is 0 Å². The van der Waals surface area contributed by atoms with Crippen LogP contribution >= 0.6 is 24.0 Å². The number of guanidine groups is 1. The second-order valence-electron chi connectivity index (χ2n) is 7.13. The molecule has 1 unspecified atom stereocenters. The van der Waals surface area contributed by atoms with Crippen LogP contribution < -0.4 is 20.9 Å². The van der Waals surface area contributed by atoms with Crippen LogP contribution in [0.1, 0.15) is 25.8 Å². The van der Waals surface area contributed by atoms with Gasteiger partial charge in [0.05, 0.1) is 6.54 Å². The first kappa shape index (κ1) is 23.2. The number of halogens is 2. The van der Waals surface area contributed by atoms with Gasteiger partial charge in [-0.2, -0.15) is 0 Å². The Morgan fingerprint density at radius 1 is 1.17 bits per heavy atom. The normalized spacial score (nSPS) is 15.6. The summed E-state index contributed by atoms with van der Waals surface area (Å²) in [5.74, 6) is 1.23. The van der Waals surface area contributed by atoms with E-state index in [1.807, 2.05) is 24.4 Å². The minimum atomic E-state index is -0.203. The molecule has 0 radical (unpaired) electrons. The maximum Gasteiger partial charge on any atom is 0.189 e. The summed E-state index contributed by atoms with van der Waals surface area (Å²) in [6.45, 7) is 8.21. The molecule has 8 heteroatoms. The van der Waals surface area contributed by atoms with Crippen molar-refractivity contribution < 1.29 is 4.39 Å². The van der Waals surface area contributed by atoms with Gasteiger partial charge >= 0.3 is 0 Å². The van der Waals surface area contributed by atoms with Crippen LogP contribution in [0.25, 0.3) is 0 Å². The summed E-state index contributed by atoms with van der Waals surface area (Å²) < 4.78 is 13.1. The largest absolute Gasteiger partial charge is 0.370 e. The lowest BCUT2D eigenvalue weighted by Gasteiger charge is -2.36. The SMILES string of the molecule is CCC(C)NC(N)=NCc1ccnc(N2CCN(c3ccc(F)cc3)CC2)c1.I. The average molecular weight is 512 g/mol. The molecule has 2 heterocycles. The van der Waals surface area contributed by atoms with Gasteiger partial charge in [0.25, 0.3) is 0 Å².